The van der Waals surface area contributed by atoms with Gasteiger partial charge in [0.25, 0.3) is 5.69 Å². The molecule has 206 valence electrons. The van der Waals surface area contributed by atoms with Gasteiger partial charge in [-0.2, -0.15) is 0 Å². The van der Waals surface area contributed by atoms with Gasteiger partial charge in [0, 0.05) is 24.7 Å². The highest BCUT2D eigenvalue weighted by Gasteiger charge is 2.34. The van der Waals surface area contributed by atoms with Gasteiger partial charge in [-0.15, -0.1) is 0 Å². The van der Waals surface area contributed by atoms with E-state index in [4.69, 9.17) is 4.74 Å². The smallest absolute Gasteiger partial charge is 0.271 e. The maximum atomic E-state index is 13.8. The molecule has 0 bridgehead atoms. The van der Waals surface area contributed by atoms with Crippen molar-refractivity contribution in [1.29, 1.82) is 0 Å². The van der Waals surface area contributed by atoms with E-state index in [-0.39, 0.29) is 35.6 Å². The van der Waals surface area contributed by atoms with Crippen LogP contribution in [0.3, 0.4) is 0 Å². The number of benzene rings is 2. The number of sulfonamides is 1. The summed E-state index contributed by atoms with van der Waals surface area (Å²) in [5.41, 5.74) is 0.276. The van der Waals surface area contributed by atoms with Gasteiger partial charge in [-0.1, -0.05) is 50.1 Å². The second kappa shape index (κ2) is 12.7. The molecule has 0 aliphatic heterocycles. The minimum Gasteiger partial charge on any atom is -0.495 e. The summed E-state index contributed by atoms with van der Waals surface area (Å²) in [5, 5.41) is 14.4. The Balaban J connectivity index is 1.99. The van der Waals surface area contributed by atoms with Crippen LogP contribution in [0.25, 0.3) is 0 Å². The maximum absolute atomic E-state index is 13.8. The number of ether oxygens (including phenoxy) is 1. The SMILES string of the molecule is CC[C@@H](C(=O)NC1CCCC1)N(Cc1ccccc1)C(=O)CN(c1cc([N+](=O)[O-])ccc1OC)S(C)(=O)=O. The van der Waals surface area contributed by atoms with Crippen molar-refractivity contribution in [1.82, 2.24) is 10.2 Å². The minimum atomic E-state index is -4.08. The number of carbonyl (C=O) groups is 2. The highest BCUT2D eigenvalue weighted by molar-refractivity contribution is 7.92. The summed E-state index contributed by atoms with van der Waals surface area (Å²) >= 11 is 0. The van der Waals surface area contributed by atoms with Crippen LogP contribution in [0.15, 0.2) is 48.5 Å². The van der Waals surface area contributed by atoms with Gasteiger partial charge in [0.05, 0.1) is 18.3 Å². The van der Waals surface area contributed by atoms with Crippen LogP contribution in [0, 0.1) is 10.1 Å². The molecular formula is C26H34N4O7S. The molecule has 0 radical (unpaired) electrons. The van der Waals surface area contributed by atoms with Crippen LogP contribution < -0.4 is 14.4 Å². The lowest BCUT2D eigenvalue weighted by Gasteiger charge is -2.33. The fourth-order valence-electron chi connectivity index (χ4n) is 4.65. The second-order valence-electron chi connectivity index (χ2n) is 9.30. The number of nitrogens with zero attached hydrogens (tertiary/aromatic N) is 3. The van der Waals surface area contributed by atoms with Gasteiger partial charge in [0.15, 0.2) is 0 Å². The van der Waals surface area contributed by atoms with E-state index in [1.165, 1.54) is 24.1 Å². The summed E-state index contributed by atoms with van der Waals surface area (Å²) in [5.74, 6) is -0.863. The van der Waals surface area contributed by atoms with E-state index < -0.39 is 33.4 Å². The maximum Gasteiger partial charge on any atom is 0.271 e. The van der Waals surface area contributed by atoms with Crippen molar-refractivity contribution >= 4 is 33.2 Å². The number of nitro groups is 1. The van der Waals surface area contributed by atoms with E-state index in [2.05, 4.69) is 5.32 Å². The van der Waals surface area contributed by atoms with Gasteiger partial charge < -0.3 is 15.0 Å². The minimum absolute atomic E-state index is 0.0480. The van der Waals surface area contributed by atoms with Crippen molar-refractivity contribution in [2.75, 3.05) is 24.2 Å². The van der Waals surface area contributed by atoms with E-state index >= 15 is 0 Å². The molecule has 11 nitrogen and oxygen atoms in total. The van der Waals surface area contributed by atoms with Gasteiger partial charge in [-0.3, -0.25) is 24.0 Å². The lowest BCUT2D eigenvalue weighted by molar-refractivity contribution is -0.384. The highest BCUT2D eigenvalue weighted by Crippen LogP contribution is 2.34. The van der Waals surface area contributed by atoms with Crippen LogP contribution in [0.1, 0.15) is 44.6 Å². The van der Waals surface area contributed by atoms with E-state index in [9.17, 15) is 28.1 Å². The van der Waals surface area contributed by atoms with Crippen molar-refractivity contribution in [3.63, 3.8) is 0 Å². The molecule has 1 aliphatic rings. The van der Waals surface area contributed by atoms with E-state index in [0.717, 1.165) is 47.9 Å². The Kier molecular flexibility index (Phi) is 9.67. The lowest BCUT2D eigenvalue weighted by Crippen LogP contribution is -2.53. The average Bonchev–Trinajstić information content (AvgIpc) is 3.39. The number of anilines is 1. The Morgan fingerprint density at radius 1 is 1.16 bits per heavy atom. The molecule has 2 amide bonds. The molecule has 0 unspecified atom stereocenters. The molecule has 1 atom stereocenters. The monoisotopic (exact) mass is 546 g/mol. The third-order valence-electron chi connectivity index (χ3n) is 6.60. The summed E-state index contributed by atoms with van der Waals surface area (Å²) in [7, 11) is -2.78. The Morgan fingerprint density at radius 2 is 1.82 bits per heavy atom. The number of carbonyl (C=O) groups excluding carboxylic acids is 2. The predicted octanol–water partition coefficient (Wildman–Crippen LogP) is 3.24. The van der Waals surface area contributed by atoms with Crippen LogP contribution in [-0.2, 0) is 26.2 Å². The van der Waals surface area contributed by atoms with Crippen LogP contribution in [-0.4, -0.2) is 62.0 Å². The van der Waals surface area contributed by atoms with E-state index in [1.807, 2.05) is 30.3 Å². The number of hydrogen-bond acceptors (Lipinski definition) is 7. The molecule has 1 N–H and O–H groups in total. The summed E-state index contributed by atoms with van der Waals surface area (Å²) in [6.07, 6.45) is 5.04. The van der Waals surface area contributed by atoms with Crippen LogP contribution in [0.5, 0.6) is 5.75 Å². The average molecular weight is 547 g/mol. The number of non-ortho nitro benzene ring substituents is 1. The molecular weight excluding hydrogens is 512 g/mol. The normalized spacial score (nSPS) is 14.5. The third-order valence-corrected chi connectivity index (χ3v) is 7.73. The van der Waals surface area contributed by atoms with E-state index in [1.54, 1.807) is 6.92 Å². The quantitative estimate of drug-likeness (QED) is 0.318. The van der Waals surface area contributed by atoms with Crippen molar-refractivity contribution in [3.8, 4) is 5.75 Å². The second-order valence-corrected chi connectivity index (χ2v) is 11.2. The molecule has 2 aromatic rings. The topological polar surface area (TPSA) is 139 Å². The van der Waals surface area contributed by atoms with Crippen LogP contribution >= 0.6 is 0 Å². The fourth-order valence-corrected chi connectivity index (χ4v) is 5.49. The zero-order valence-electron chi connectivity index (χ0n) is 21.8. The number of amides is 2. The number of hydrogen-bond donors (Lipinski definition) is 1. The third kappa shape index (κ3) is 7.21. The molecule has 0 aromatic heterocycles. The molecule has 0 saturated heterocycles. The first-order chi connectivity index (χ1) is 18.0. The fraction of sp³-hybridized carbons (Fsp3) is 0.462. The lowest BCUT2D eigenvalue weighted by atomic mass is 10.1. The van der Waals surface area contributed by atoms with E-state index in [0.29, 0.717) is 6.42 Å². The Hall–Kier alpha value is -3.67. The zero-order chi connectivity index (χ0) is 27.9. The largest absolute Gasteiger partial charge is 0.495 e. The first kappa shape index (κ1) is 28.9. The number of methoxy groups -OCH3 is 1. The standard InChI is InChI=1S/C26H34N4O7S/c1-4-22(26(32)27-20-12-8-9-13-20)28(17-19-10-6-5-7-11-19)25(31)18-29(38(3,35)36)23-16-21(30(33)34)14-15-24(23)37-2/h5-7,10-11,14-16,20,22H,4,8-9,12-13,17-18H2,1-3H3,(H,27,32)/t22-/m0/s1. The van der Waals surface area contributed by atoms with Gasteiger partial charge >= 0.3 is 0 Å². The van der Waals surface area contributed by atoms with Crippen LogP contribution in [0.2, 0.25) is 0 Å². The molecule has 12 heteroatoms. The van der Waals surface area contributed by atoms with Crippen LogP contribution in [0.4, 0.5) is 11.4 Å². The first-order valence-corrected chi connectivity index (χ1v) is 14.3. The molecule has 1 saturated carbocycles. The predicted molar refractivity (Wildman–Crippen MR) is 143 cm³/mol. The molecule has 38 heavy (non-hydrogen) atoms. The van der Waals surface area contributed by atoms with Crippen molar-refractivity contribution < 1.29 is 27.7 Å². The highest BCUT2D eigenvalue weighted by atomic mass is 32.2. The molecule has 1 aliphatic carbocycles. The Morgan fingerprint density at radius 3 is 2.37 bits per heavy atom. The van der Waals surface area contributed by atoms with Gasteiger partial charge in [0.2, 0.25) is 21.8 Å². The summed E-state index contributed by atoms with van der Waals surface area (Å²) in [4.78, 5) is 39.2. The van der Waals surface area contributed by atoms with Crippen molar-refractivity contribution in [2.45, 2.75) is 57.7 Å². The molecule has 0 heterocycles. The summed E-state index contributed by atoms with van der Waals surface area (Å²) in [6.45, 7) is 1.21. The molecule has 3 rings (SSSR count). The molecule has 2 aromatic carbocycles. The summed E-state index contributed by atoms with van der Waals surface area (Å²) in [6, 6.07) is 11.8. The number of rotatable bonds is 12. The van der Waals surface area contributed by atoms with Gasteiger partial charge in [-0.25, -0.2) is 8.42 Å². The van der Waals surface area contributed by atoms with Gasteiger partial charge in [-0.05, 0) is 30.9 Å². The molecule has 0 spiro atoms. The Labute approximate surface area is 223 Å². The van der Waals surface area contributed by atoms with Crippen molar-refractivity contribution in [2.24, 2.45) is 0 Å². The molecule has 1 fully saturated rings. The van der Waals surface area contributed by atoms with Crippen molar-refractivity contribution in [3.05, 3.63) is 64.2 Å². The first-order valence-electron chi connectivity index (χ1n) is 12.5. The Bertz CT molecular complexity index is 1250. The zero-order valence-corrected chi connectivity index (χ0v) is 22.6. The summed E-state index contributed by atoms with van der Waals surface area (Å²) < 4.78 is 31.7. The van der Waals surface area contributed by atoms with Gasteiger partial charge in [0.1, 0.15) is 24.0 Å². The number of nitro benzene ring substituents is 1. The number of nitrogens with one attached hydrogen (secondary N) is 1.